The molecule has 1 aliphatic rings. The number of rotatable bonds is 6. The second-order valence-electron chi connectivity index (χ2n) is 6.30. The Hall–Kier alpha value is -1.55. The van der Waals surface area contributed by atoms with E-state index in [0.717, 1.165) is 38.6 Å². The van der Waals surface area contributed by atoms with E-state index < -0.39 is 0 Å². The van der Waals surface area contributed by atoms with E-state index in [1.807, 2.05) is 7.05 Å². The van der Waals surface area contributed by atoms with Crippen molar-refractivity contribution in [3.8, 4) is 0 Å². The molecular weight excluding hydrogens is 262 g/mol. The van der Waals surface area contributed by atoms with Gasteiger partial charge in [0, 0.05) is 25.0 Å². The summed E-state index contributed by atoms with van der Waals surface area (Å²) >= 11 is 0. The molecule has 116 valence electrons. The van der Waals surface area contributed by atoms with Crippen molar-refractivity contribution >= 4 is 5.96 Å². The molecule has 21 heavy (non-hydrogen) atoms. The summed E-state index contributed by atoms with van der Waals surface area (Å²) in [4.78, 5) is 4.30. The van der Waals surface area contributed by atoms with Crippen molar-refractivity contribution < 1.29 is 4.74 Å². The van der Waals surface area contributed by atoms with Crippen LogP contribution in [0.2, 0.25) is 0 Å². The van der Waals surface area contributed by atoms with Crippen LogP contribution in [-0.2, 0) is 11.2 Å². The number of ether oxygens (including phenoxy) is 1. The fourth-order valence-corrected chi connectivity index (χ4v) is 2.38. The molecule has 1 fully saturated rings. The van der Waals surface area contributed by atoms with Crippen molar-refractivity contribution in [1.29, 1.82) is 0 Å². The van der Waals surface area contributed by atoms with Gasteiger partial charge in [-0.05, 0) is 25.3 Å². The smallest absolute Gasteiger partial charge is 0.191 e. The first-order chi connectivity index (χ1) is 10.1. The third-order valence-electron chi connectivity index (χ3n) is 3.90. The summed E-state index contributed by atoms with van der Waals surface area (Å²) in [6.07, 6.45) is 2.17. The Morgan fingerprint density at radius 2 is 2.05 bits per heavy atom. The molecule has 2 N–H and O–H groups in total. The Balaban J connectivity index is 1.71. The minimum absolute atomic E-state index is 0.255. The number of benzene rings is 1. The van der Waals surface area contributed by atoms with Crippen molar-refractivity contribution in [2.24, 2.45) is 10.4 Å². The standard InChI is InChI=1S/C17H27N3O/c1-14(9-10-15-7-5-4-6-8-15)20-16(18-3)19-11-17(2)12-21-13-17/h4-8,14H,9-13H2,1-3H3,(H2,18,19,20). The van der Waals surface area contributed by atoms with Gasteiger partial charge in [0.25, 0.3) is 0 Å². The second kappa shape index (κ2) is 7.46. The highest BCUT2D eigenvalue weighted by Gasteiger charge is 2.33. The number of nitrogens with zero attached hydrogens (tertiary/aromatic N) is 1. The minimum atomic E-state index is 0.255. The SMILES string of the molecule is CN=C(NCC1(C)COC1)NC(C)CCc1ccccc1. The number of aryl methyl sites for hydroxylation is 1. The molecule has 0 amide bonds. The lowest BCUT2D eigenvalue weighted by Crippen LogP contribution is -2.52. The number of nitrogens with one attached hydrogen (secondary N) is 2. The summed E-state index contributed by atoms with van der Waals surface area (Å²) in [5.41, 5.74) is 1.64. The van der Waals surface area contributed by atoms with Crippen LogP contribution in [0.15, 0.2) is 35.3 Å². The van der Waals surface area contributed by atoms with Crippen LogP contribution < -0.4 is 10.6 Å². The highest BCUT2D eigenvalue weighted by atomic mass is 16.5. The predicted molar refractivity (Wildman–Crippen MR) is 87.6 cm³/mol. The van der Waals surface area contributed by atoms with Crippen LogP contribution in [0.4, 0.5) is 0 Å². The maximum Gasteiger partial charge on any atom is 0.191 e. The molecule has 4 nitrogen and oxygen atoms in total. The van der Waals surface area contributed by atoms with Gasteiger partial charge in [0.1, 0.15) is 0 Å². The molecule has 1 saturated heterocycles. The average molecular weight is 289 g/mol. The molecule has 0 radical (unpaired) electrons. The zero-order valence-electron chi connectivity index (χ0n) is 13.4. The first-order valence-electron chi connectivity index (χ1n) is 7.70. The molecule has 1 aliphatic heterocycles. The molecule has 2 rings (SSSR count). The van der Waals surface area contributed by atoms with E-state index in [1.165, 1.54) is 5.56 Å². The van der Waals surface area contributed by atoms with Crippen LogP contribution in [0.25, 0.3) is 0 Å². The Morgan fingerprint density at radius 1 is 1.33 bits per heavy atom. The van der Waals surface area contributed by atoms with Gasteiger partial charge in [-0.2, -0.15) is 0 Å². The maximum atomic E-state index is 5.27. The summed E-state index contributed by atoms with van der Waals surface area (Å²) in [5.74, 6) is 0.878. The molecule has 0 bridgehead atoms. The van der Waals surface area contributed by atoms with Gasteiger partial charge >= 0.3 is 0 Å². The van der Waals surface area contributed by atoms with E-state index in [1.54, 1.807) is 0 Å². The number of aliphatic imine (C=N–C) groups is 1. The summed E-state index contributed by atoms with van der Waals surface area (Å²) in [6, 6.07) is 11.0. The van der Waals surface area contributed by atoms with Gasteiger partial charge in [0.05, 0.1) is 13.2 Å². The Morgan fingerprint density at radius 3 is 2.62 bits per heavy atom. The molecule has 0 aliphatic carbocycles. The highest BCUT2D eigenvalue weighted by Crippen LogP contribution is 2.24. The lowest BCUT2D eigenvalue weighted by atomic mass is 9.89. The maximum absolute atomic E-state index is 5.27. The highest BCUT2D eigenvalue weighted by molar-refractivity contribution is 5.79. The van der Waals surface area contributed by atoms with Crippen LogP contribution in [0.3, 0.4) is 0 Å². The first-order valence-corrected chi connectivity index (χ1v) is 7.70. The summed E-state index contributed by atoms with van der Waals surface area (Å²) < 4.78 is 5.27. The van der Waals surface area contributed by atoms with Crippen molar-refractivity contribution in [2.75, 3.05) is 26.8 Å². The lowest BCUT2D eigenvalue weighted by molar-refractivity contribution is -0.0971. The van der Waals surface area contributed by atoms with Gasteiger partial charge in [0.15, 0.2) is 5.96 Å². The zero-order valence-corrected chi connectivity index (χ0v) is 13.4. The Kier molecular flexibility index (Phi) is 5.62. The molecule has 0 spiro atoms. The number of guanidine groups is 1. The monoisotopic (exact) mass is 289 g/mol. The minimum Gasteiger partial charge on any atom is -0.380 e. The summed E-state index contributed by atoms with van der Waals surface area (Å²) in [5, 5.41) is 6.86. The largest absolute Gasteiger partial charge is 0.380 e. The van der Waals surface area contributed by atoms with Gasteiger partial charge < -0.3 is 15.4 Å². The normalized spacial score (nSPS) is 18.7. The van der Waals surface area contributed by atoms with Crippen LogP contribution in [-0.4, -0.2) is 38.8 Å². The van der Waals surface area contributed by atoms with E-state index in [2.05, 4.69) is 59.8 Å². The van der Waals surface area contributed by atoms with Crippen molar-refractivity contribution in [1.82, 2.24) is 10.6 Å². The van der Waals surface area contributed by atoms with Gasteiger partial charge in [-0.15, -0.1) is 0 Å². The van der Waals surface area contributed by atoms with E-state index in [0.29, 0.717) is 6.04 Å². The number of hydrogen-bond donors (Lipinski definition) is 2. The van der Waals surface area contributed by atoms with E-state index in [-0.39, 0.29) is 5.41 Å². The fourth-order valence-electron chi connectivity index (χ4n) is 2.38. The molecule has 0 aromatic heterocycles. The van der Waals surface area contributed by atoms with Crippen molar-refractivity contribution in [2.45, 2.75) is 32.7 Å². The van der Waals surface area contributed by atoms with E-state index >= 15 is 0 Å². The van der Waals surface area contributed by atoms with Crippen LogP contribution >= 0.6 is 0 Å². The lowest BCUT2D eigenvalue weighted by Gasteiger charge is -2.38. The van der Waals surface area contributed by atoms with Crippen molar-refractivity contribution in [3.63, 3.8) is 0 Å². The van der Waals surface area contributed by atoms with Crippen LogP contribution in [0, 0.1) is 5.41 Å². The van der Waals surface area contributed by atoms with E-state index in [9.17, 15) is 0 Å². The molecule has 1 heterocycles. The molecule has 1 atom stereocenters. The summed E-state index contributed by atoms with van der Waals surface area (Å²) in [7, 11) is 1.82. The first kappa shape index (κ1) is 15.8. The third kappa shape index (κ3) is 5.05. The van der Waals surface area contributed by atoms with Crippen LogP contribution in [0.5, 0.6) is 0 Å². The molecule has 1 unspecified atom stereocenters. The topological polar surface area (TPSA) is 45.7 Å². The third-order valence-corrected chi connectivity index (χ3v) is 3.90. The molecular formula is C17H27N3O. The van der Waals surface area contributed by atoms with Gasteiger partial charge in [0.2, 0.25) is 0 Å². The number of hydrogen-bond acceptors (Lipinski definition) is 2. The van der Waals surface area contributed by atoms with Crippen LogP contribution in [0.1, 0.15) is 25.8 Å². The Bertz CT molecular complexity index is 454. The fraction of sp³-hybridized carbons (Fsp3) is 0.588. The molecule has 4 heteroatoms. The second-order valence-corrected chi connectivity index (χ2v) is 6.30. The summed E-state index contributed by atoms with van der Waals surface area (Å²) in [6.45, 7) is 7.00. The van der Waals surface area contributed by atoms with E-state index in [4.69, 9.17) is 4.74 Å². The van der Waals surface area contributed by atoms with Crippen molar-refractivity contribution in [3.05, 3.63) is 35.9 Å². The Labute approximate surface area is 128 Å². The quantitative estimate of drug-likeness (QED) is 0.623. The molecule has 1 aromatic rings. The average Bonchev–Trinajstić information content (AvgIpc) is 2.48. The van der Waals surface area contributed by atoms with Gasteiger partial charge in [-0.3, -0.25) is 4.99 Å². The molecule has 1 aromatic carbocycles. The van der Waals surface area contributed by atoms with Gasteiger partial charge in [-0.25, -0.2) is 0 Å². The predicted octanol–water partition coefficient (Wildman–Crippen LogP) is 2.21. The molecule has 0 saturated carbocycles. The van der Waals surface area contributed by atoms with Gasteiger partial charge in [-0.1, -0.05) is 37.3 Å². The zero-order chi connectivity index (χ0) is 15.1.